The molecule has 150 valence electrons. The molecule has 0 bridgehead atoms. The van der Waals surface area contributed by atoms with Gasteiger partial charge in [0, 0.05) is 29.2 Å². The van der Waals surface area contributed by atoms with Crippen LogP contribution in [0.4, 0.5) is 5.69 Å². The van der Waals surface area contributed by atoms with Crippen LogP contribution in [0, 0.1) is 12.8 Å². The summed E-state index contributed by atoms with van der Waals surface area (Å²) in [7, 11) is 1.96. The van der Waals surface area contributed by atoms with E-state index in [2.05, 4.69) is 9.29 Å². The van der Waals surface area contributed by atoms with E-state index in [1.807, 2.05) is 50.4 Å². The van der Waals surface area contributed by atoms with Gasteiger partial charge in [-0.05, 0) is 60.7 Å². The van der Waals surface area contributed by atoms with Gasteiger partial charge in [-0.25, -0.2) is 4.21 Å². The van der Waals surface area contributed by atoms with Gasteiger partial charge in [0.1, 0.15) is 0 Å². The van der Waals surface area contributed by atoms with E-state index in [9.17, 15) is 9.00 Å². The topological polar surface area (TPSA) is 71.3 Å². The van der Waals surface area contributed by atoms with E-state index in [1.54, 1.807) is 12.1 Å². The Bertz CT molecular complexity index is 1100. The van der Waals surface area contributed by atoms with Crippen LogP contribution in [-0.2, 0) is 18.3 Å². The van der Waals surface area contributed by atoms with Crippen LogP contribution in [0.15, 0.2) is 48.5 Å². The standard InChI is InChI=1S/C22H21ClN2O3S/c1-13-19(22(26)16-3-4-16)21(15-7-11-18(12-8-15)24-29(27)28)25(2)20(13)14-5-9-17(23)10-6-14/h5-12,16,24H,3-4H2,1-2H3,(H,27,28). The second-order valence-corrected chi connectivity index (χ2v) is 8.47. The minimum absolute atomic E-state index is 0.102. The minimum atomic E-state index is -2.13. The van der Waals surface area contributed by atoms with E-state index in [4.69, 9.17) is 16.2 Å². The van der Waals surface area contributed by atoms with Crippen LogP contribution in [0.1, 0.15) is 28.8 Å². The first-order valence-electron chi connectivity index (χ1n) is 9.34. The predicted molar refractivity (Wildman–Crippen MR) is 117 cm³/mol. The van der Waals surface area contributed by atoms with E-state index < -0.39 is 11.3 Å². The summed E-state index contributed by atoms with van der Waals surface area (Å²) >= 11 is 3.93. The fourth-order valence-corrected chi connectivity index (χ4v) is 4.29. The zero-order valence-corrected chi connectivity index (χ0v) is 17.7. The maximum absolute atomic E-state index is 13.2. The molecule has 1 atom stereocenters. The van der Waals surface area contributed by atoms with Crippen LogP contribution in [0.2, 0.25) is 5.02 Å². The number of aromatic nitrogens is 1. The maximum atomic E-state index is 13.2. The number of carbonyl (C=O) groups excluding carboxylic acids is 1. The van der Waals surface area contributed by atoms with Gasteiger partial charge >= 0.3 is 0 Å². The van der Waals surface area contributed by atoms with E-state index in [-0.39, 0.29) is 11.7 Å². The number of nitrogens with zero attached hydrogens (tertiary/aromatic N) is 1. The molecule has 1 heterocycles. The SMILES string of the molecule is Cc1c(C(=O)C2CC2)c(-c2ccc(NS(=O)O)cc2)n(C)c1-c1ccc(Cl)cc1. The average Bonchev–Trinajstić information content (AvgIpc) is 3.49. The molecule has 1 fully saturated rings. The molecule has 1 aromatic heterocycles. The van der Waals surface area contributed by atoms with E-state index in [1.165, 1.54) is 0 Å². The van der Waals surface area contributed by atoms with Gasteiger partial charge in [-0.15, -0.1) is 0 Å². The van der Waals surface area contributed by atoms with Gasteiger partial charge in [0.15, 0.2) is 5.78 Å². The van der Waals surface area contributed by atoms with Crippen molar-refractivity contribution in [1.82, 2.24) is 4.57 Å². The van der Waals surface area contributed by atoms with Crippen molar-refractivity contribution in [2.75, 3.05) is 4.72 Å². The van der Waals surface area contributed by atoms with Gasteiger partial charge in [0.25, 0.3) is 11.3 Å². The molecule has 3 aromatic rings. The smallest absolute Gasteiger partial charge is 0.259 e. The number of rotatable bonds is 6. The third-order valence-corrected chi connectivity index (χ3v) is 5.98. The summed E-state index contributed by atoms with van der Waals surface area (Å²) in [4.78, 5) is 13.2. The van der Waals surface area contributed by atoms with Crippen molar-refractivity contribution in [3.8, 4) is 22.5 Å². The van der Waals surface area contributed by atoms with Crippen LogP contribution in [0.3, 0.4) is 0 Å². The van der Waals surface area contributed by atoms with Crippen LogP contribution in [0.5, 0.6) is 0 Å². The summed E-state index contributed by atoms with van der Waals surface area (Å²) in [5.74, 6) is 0.289. The van der Waals surface area contributed by atoms with Crippen LogP contribution in [0.25, 0.3) is 22.5 Å². The van der Waals surface area contributed by atoms with Crippen LogP contribution in [-0.4, -0.2) is 19.1 Å². The number of ketones is 1. The Labute approximate surface area is 177 Å². The molecular formula is C22H21ClN2O3S. The normalized spacial score (nSPS) is 14.6. The highest BCUT2D eigenvalue weighted by molar-refractivity contribution is 7.80. The molecule has 1 aliphatic rings. The molecule has 1 aliphatic carbocycles. The van der Waals surface area contributed by atoms with Crippen molar-refractivity contribution in [2.24, 2.45) is 13.0 Å². The summed E-state index contributed by atoms with van der Waals surface area (Å²) < 4.78 is 24.5. The molecule has 0 aliphatic heterocycles. The molecule has 7 heteroatoms. The van der Waals surface area contributed by atoms with Gasteiger partial charge < -0.3 is 4.57 Å². The molecule has 1 saturated carbocycles. The molecule has 0 spiro atoms. The molecule has 1 unspecified atom stereocenters. The molecule has 5 nitrogen and oxygen atoms in total. The molecule has 0 radical (unpaired) electrons. The zero-order valence-electron chi connectivity index (χ0n) is 16.1. The summed E-state index contributed by atoms with van der Waals surface area (Å²) in [6.07, 6.45) is 1.88. The molecule has 2 aromatic carbocycles. The highest BCUT2D eigenvalue weighted by atomic mass is 35.5. The Balaban J connectivity index is 1.87. The fourth-order valence-electron chi connectivity index (χ4n) is 3.83. The summed E-state index contributed by atoms with van der Waals surface area (Å²) in [5, 5.41) is 0.666. The van der Waals surface area contributed by atoms with Gasteiger partial charge in [-0.1, -0.05) is 35.9 Å². The van der Waals surface area contributed by atoms with Gasteiger partial charge in [-0.2, -0.15) is 0 Å². The Hall–Kier alpha value is -2.41. The van der Waals surface area contributed by atoms with Gasteiger partial charge in [-0.3, -0.25) is 14.1 Å². The van der Waals surface area contributed by atoms with E-state index in [0.717, 1.165) is 46.5 Å². The van der Waals surface area contributed by atoms with Crippen molar-refractivity contribution < 1.29 is 13.6 Å². The monoisotopic (exact) mass is 428 g/mol. The van der Waals surface area contributed by atoms with Crippen LogP contribution < -0.4 is 4.72 Å². The number of hydrogen-bond acceptors (Lipinski definition) is 2. The van der Waals surface area contributed by atoms with E-state index in [0.29, 0.717) is 10.7 Å². The lowest BCUT2D eigenvalue weighted by molar-refractivity contribution is 0.0968. The van der Waals surface area contributed by atoms with Crippen LogP contribution >= 0.6 is 11.6 Å². The number of nitrogens with one attached hydrogen (secondary N) is 1. The molecule has 2 N–H and O–H groups in total. The number of hydrogen-bond donors (Lipinski definition) is 2. The van der Waals surface area contributed by atoms with E-state index >= 15 is 0 Å². The van der Waals surface area contributed by atoms with Gasteiger partial charge in [0.05, 0.1) is 11.4 Å². The number of halogens is 1. The summed E-state index contributed by atoms with van der Waals surface area (Å²) in [6, 6.07) is 14.8. The largest absolute Gasteiger partial charge is 0.343 e. The zero-order chi connectivity index (χ0) is 20.7. The maximum Gasteiger partial charge on any atom is 0.259 e. The Morgan fingerprint density at radius 3 is 2.17 bits per heavy atom. The van der Waals surface area contributed by atoms with Crippen molar-refractivity contribution in [3.05, 3.63) is 64.7 Å². The number of Topliss-reactive ketones (excluding diaryl/α,β-unsaturated/α-hetero) is 1. The predicted octanol–water partition coefficient (Wildman–Crippen LogP) is 5.46. The molecule has 4 rings (SSSR count). The molecule has 0 amide bonds. The van der Waals surface area contributed by atoms with Crippen molar-refractivity contribution in [2.45, 2.75) is 19.8 Å². The summed E-state index contributed by atoms with van der Waals surface area (Å²) in [5.41, 5.74) is 5.98. The Morgan fingerprint density at radius 2 is 1.62 bits per heavy atom. The fraction of sp³-hybridized carbons (Fsp3) is 0.227. The minimum Gasteiger partial charge on any atom is -0.343 e. The first-order chi connectivity index (χ1) is 13.9. The Morgan fingerprint density at radius 1 is 1.07 bits per heavy atom. The first kappa shape index (κ1) is 19.9. The van der Waals surface area contributed by atoms with Crippen molar-refractivity contribution >= 4 is 34.3 Å². The van der Waals surface area contributed by atoms with Crippen molar-refractivity contribution in [3.63, 3.8) is 0 Å². The molecular weight excluding hydrogens is 408 g/mol. The lowest BCUT2D eigenvalue weighted by Gasteiger charge is -2.11. The third-order valence-electron chi connectivity index (χ3n) is 5.31. The average molecular weight is 429 g/mol. The number of anilines is 1. The Kier molecular flexibility index (Phi) is 5.34. The first-order valence-corrected chi connectivity index (χ1v) is 10.8. The highest BCUT2D eigenvalue weighted by Gasteiger charge is 2.35. The molecule has 0 saturated heterocycles. The number of carbonyl (C=O) groups is 1. The number of benzene rings is 2. The second kappa shape index (κ2) is 7.78. The lowest BCUT2D eigenvalue weighted by Crippen LogP contribution is -2.05. The highest BCUT2D eigenvalue weighted by Crippen LogP contribution is 2.42. The van der Waals surface area contributed by atoms with Gasteiger partial charge in [0.2, 0.25) is 0 Å². The quantitative estimate of drug-likeness (QED) is 0.404. The third kappa shape index (κ3) is 3.88. The van der Waals surface area contributed by atoms with Crippen molar-refractivity contribution in [1.29, 1.82) is 0 Å². The second-order valence-electron chi connectivity index (χ2n) is 7.33. The summed E-state index contributed by atoms with van der Waals surface area (Å²) in [6.45, 7) is 1.99. The molecule has 29 heavy (non-hydrogen) atoms. The lowest BCUT2D eigenvalue weighted by atomic mass is 9.97.